The zero-order valence-electron chi connectivity index (χ0n) is 7.69. The van der Waals surface area contributed by atoms with Crippen molar-refractivity contribution in [3.05, 3.63) is 36.1 Å². The van der Waals surface area contributed by atoms with Gasteiger partial charge in [0.05, 0.1) is 11.9 Å². The molecule has 0 bridgehead atoms. The van der Waals surface area contributed by atoms with Crippen molar-refractivity contribution >= 4 is 15.7 Å². The van der Waals surface area contributed by atoms with E-state index in [-0.39, 0.29) is 0 Å². The summed E-state index contributed by atoms with van der Waals surface area (Å²) < 4.78 is 23.2. The Morgan fingerprint density at radius 1 is 1.23 bits per heavy atom. The van der Waals surface area contributed by atoms with Crippen molar-refractivity contribution in [2.75, 3.05) is 11.4 Å². The van der Waals surface area contributed by atoms with Crippen LogP contribution in [0.15, 0.2) is 24.3 Å². The summed E-state index contributed by atoms with van der Waals surface area (Å²) in [4.78, 5) is 0. The van der Waals surface area contributed by atoms with Crippen LogP contribution in [0.25, 0.3) is 0 Å². The molecule has 1 aromatic rings. The molecule has 0 aromatic heterocycles. The Kier molecular flexibility index (Phi) is 2.61. The van der Waals surface area contributed by atoms with Crippen molar-refractivity contribution < 1.29 is 8.42 Å². The first-order valence-corrected chi connectivity index (χ1v) is 5.41. The molecule has 0 saturated carbocycles. The number of sulfonamides is 1. The van der Waals surface area contributed by atoms with Gasteiger partial charge >= 0.3 is 0 Å². The van der Waals surface area contributed by atoms with Crippen molar-refractivity contribution in [1.29, 1.82) is 0 Å². The largest absolute Gasteiger partial charge is 0.273 e. The lowest BCUT2D eigenvalue weighted by Gasteiger charge is -2.16. The molecule has 0 aliphatic heterocycles. The van der Waals surface area contributed by atoms with E-state index in [1.807, 2.05) is 19.1 Å². The summed E-state index contributed by atoms with van der Waals surface area (Å²) >= 11 is 0. The van der Waals surface area contributed by atoms with Crippen LogP contribution in [0.4, 0.5) is 5.69 Å². The molecule has 1 aromatic carbocycles. The van der Waals surface area contributed by atoms with Gasteiger partial charge < -0.3 is 0 Å². The molecular weight excluding hydrogens is 186 g/mol. The van der Waals surface area contributed by atoms with E-state index in [1.54, 1.807) is 12.1 Å². The molecule has 0 saturated heterocycles. The zero-order chi connectivity index (χ0) is 10.1. The molecule has 13 heavy (non-hydrogen) atoms. The van der Waals surface area contributed by atoms with Crippen LogP contribution in [-0.4, -0.2) is 15.5 Å². The first-order valence-electron chi connectivity index (χ1n) is 3.80. The molecular formula is C9H12NO2S. The van der Waals surface area contributed by atoms with Gasteiger partial charge in [-0.25, -0.2) is 8.42 Å². The zero-order valence-corrected chi connectivity index (χ0v) is 8.50. The summed E-state index contributed by atoms with van der Waals surface area (Å²) in [5, 5.41) is 0. The quantitative estimate of drug-likeness (QED) is 0.723. The van der Waals surface area contributed by atoms with Crippen LogP contribution in [0.2, 0.25) is 0 Å². The van der Waals surface area contributed by atoms with Gasteiger partial charge in [0.25, 0.3) is 0 Å². The number of hydrogen-bond donors (Lipinski definition) is 0. The fourth-order valence-corrected chi connectivity index (χ4v) is 1.36. The summed E-state index contributed by atoms with van der Waals surface area (Å²) in [6.45, 7) is 1.95. The number of aryl methyl sites for hydroxylation is 1. The standard InChI is InChI=1S/C9H12NO2S/c1-8-4-6-9(7-5-8)10(2)13(3,11)12/h4-7H,3H2,1-2H3. The van der Waals surface area contributed by atoms with Gasteiger partial charge in [0.15, 0.2) is 0 Å². The van der Waals surface area contributed by atoms with Gasteiger partial charge in [0.2, 0.25) is 10.0 Å². The van der Waals surface area contributed by atoms with Crippen LogP contribution in [0, 0.1) is 13.2 Å². The monoisotopic (exact) mass is 198 g/mol. The van der Waals surface area contributed by atoms with E-state index < -0.39 is 10.0 Å². The molecule has 0 unspecified atom stereocenters. The van der Waals surface area contributed by atoms with E-state index in [0.29, 0.717) is 5.69 Å². The lowest BCUT2D eigenvalue weighted by molar-refractivity contribution is 0.603. The Labute approximate surface area is 79.0 Å². The third-order valence-corrected chi connectivity index (χ3v) is 2.86. The Hall–Kier alpha value is -1.03. The predicted molar refractivity (Wildman–Crippen MR) is 53.9 cm³/mol. The minimum Gasteiger partial charge on any atom is -0.273 e. The Morgan fingerprint density at radius 2 is 1.69 bits per heavy atom. The molecule has 0 aliphatic carbocycles. The van der Waals surface area contributed by atoms with E-state index in [4.69, 9.17) is 0 Å². The van der Waals surface area contributed by atoms with Gasteiger partial charge in [-0.1, -0.05) is 17.7 Å². The molecule has 1 radical (unpaired) electrons. The molecule has 3 nitrogen and oxygen atoms in total. The highest BCUT2D eigenvalue weighted by atomic mass is 32.2. The van der Waals surface area contributed by atoms with Gasteiger partial charge in [-0.2, -0.15) is 0 Å². The number of anilines is 1. The molecule has 0 spiro atoms. The number of benzene rings is 1. The first-order chi connectivity index (χ1) is 5.91. The third kappa shape index (κ3) is 2.45. The highest BCUT2D eigenvalue weighted by molar-refractivity contribution is 7.93. The van der Waals surface area contributed by atoms with Crippen molar-refractivity contribution in [3.8, 4) is 0 Å². The molecule has 71 valence electrons. The third-order valence-electron chi connectivity index (χ3n) is 1.81. The summed E-state index contributed by atoms with van der Waals surface area (Å²) in [5.41, 5.74) is 1.72. The van der Waals surface area contributed by atoms with E-state index in [1.165, 1.54) is 7.05 Å². The van der Waals surface area contributed by atoms with Gasteiger partial charge in [-0.3, -0.25) is 4.31 Å². The SMILES string of the molecule is [CH2]S(=O)(=O)N(C)c1ccc(C)cc1. The second kappa shape index (κ2) is 3.38. The summed E-state index contributed by atoms with van der Waals surface area (Å²) in [5.74, 6) is 0. The van der Waals surface area contributed by atoms with Gasteiger partial charge in [0.1, 0.15) is 0 Å². The van der Waals surface area contributed by atoms with E-state index in [9.17, 15) is 8.42 Å². The maximum Gasteiger partial charge on any atom is 0.235 e. The number of hydrogen-bond acceptors (Lipinski definition) is 2. The topological polar surface area (TPSA) is 37.4 Å². The Balaban J connectivity index is 3.04. The highest BCUT2D eigenvalue weighted by Gasteiger charge is 2.10. The fourth-order valence-electron chi connectivity index (χ4n) is 0.915. The van der Waals surface area contributed by atoms with E-state index >= 15 is 0 Å². The van der Waals surface area contributed by atoms with Crippen LogP contribution in [0.1, 0.15) is 5.56 Å². The van der Waals surface area contributed by atoms with Gasteiger partial charge in [-0.15, -0.1) is 0 Å². The lowest BCUT2D eigenvalue weighted by Crippen LogP contribution is -2.23. The van der Waals surface area contributed by atoms with Crippen molar-refractivity contribution in [3.63, 3.8) is 0 Å². The first kappa shape index (κ1) is 10.1. The molecule has 0 N–H and O–H groups in total. The maximum absolute atomic E-state index is 11.0. The van der Waals surface area contributed by atoms with Gasteiger partial charge in [-0.05, 0) is 19.1 Å². The van der Waals surface area contributed by atoms with Crippen molar-refractivity contribution in [2.24, 2.45) is 0 Å². The Morgan fingerprint density at radius 3 is 2.08 bits per heavy atom. The average molecular weight is 198 g/mol. The minimum atomic E-state index is -3.39. The molecule has 0 aliphatic rings. The van der Waals surface area contributed by atoms with Crippen LogP contribution in [0.5, 0.6) is 0 Å². The van der Waals surface area contributed by atoms with Crippen LogP contribution >= 0.6 is 0 Å². The molecule has 0 fully saturated rings. The molecule has 0 heterocycles. The number of rotatable bonds is 2. The normalized spacial score (nSPS) is 11.3. The number of nitrogens with zero attached hydrogens (tertiary/aromatic N) is 1. The molecule has 1 rings (SSSR count). The summed E-state index contributed by atoms with van der Waals surface area (Å²) in [6.07, 6.45) is 3.07. The fraction of sp³-hybridized carbons (Fsp3) is 0.222. The predicted octanol–water partition coefficient (Wildman–Crippen LogP) is 1.55. The van der Waals surface area contributed by atoms with Crippen molar-refractivity contribution in [2.45, 2.75) is 6.92 Å². The molecule has 4 heteroatoms. The maximum atomic E-state index is 11.0. The van der Waals surface area contributed by atoms with E-state index in [2.05, 4.69) is 6.26 Å². The van der Waals surface area contributed by atoms with Crippen LogP contribution < -0.4 is 4.31 Å². The van der Waals surface area contributed by atoms with E-state index in [0.717, 1.165) is 9.87 Å². The summed E-state index contributed by atoms with van der Waals surface area (Å²) in [6, 6.07) is 7.21. The Bertz CT molecular complexity index is 381. The highest BCUT2D eigenvalue weighted by Crippen LogP contribution is 2.15. The van der Waals surface area contributed by atoms with Crippen LogP contribution in [0.3, 0.4) is 0 Å². The second-order valence-corrected chi connectivity index (χ2v) is 4.63. The molecule has 0 atom stereocenters. The van der Waals surface area contributed by atoms with Crippen molar-refractivity contribution in [1.82, 2.24) is 0 Å². The lowest BCUT2D eigenvalue weighted by atomic mass is 10.2. The second-order valence-electron chi connectivity index (χ2n) is 2.91. The summed E-state index contributed by atoms with van der Waals surface area (Å²) in [7, 11) is -1.91. The molecule has 0 amide bonds. The van der Waals surface area contributed by atoms with Crippen LogP contribution in [-0.2, 0) is 10.0 Å². The smallest absolute Gasteiger partial charge is 0.235 e. The average Bonchev–Trinajstić information content (AvgIpc) is 2.03. The van der Waals surface area contributed by atoms with Gasteiger partial charge in [0, 0.05) is 7.05 Å². The minimum absolute atomic E-state index is 0.626.